The SMILES string of the molecule is CCCC(=O)N1Cc2ccc(C(O)c3ccco3)cc2C1. The number of rotatable bonds is 4. The second-order valence-corrected chi connectivity index (χ2v) is 5.45. The summed E-state index contributed by atoms with van der Waals surface area (Å²) in [6.45, 7) is 3.32. The van der Waals surface area contributed by atoms with Gasteiger partial charge in [0.1, 0.15) is 11.9 Å². The average Bonchev–Trinajstić information content (AvgIpc) is 3.15. The molecule has 1 aliphatic rings. The van der Waals surface area contributed by atoms with E-state index in [0.717, 1.165) is 23.1 Å². The highest BCUT2D eigenvalue weighted by Gasteiger charge is 2.24. The highest BCUT2D eigenvalue weighted by molar-refractivity contribution is 5.76. The Bertz CT molecular complexity index is 633. The third kappa shape index (κ3) is 2.72. The molecule has 2 aromatic rings. The van der Waals surface area contributed by atoms with Gasteiger partial charge in [-0.05, 0) is 35.2 Å². The number of amides is 1. The summed E-state index contributed by atoms with van der Waals surface area (Å²) >= 11 is 0. The first kappa shape index (κ1) is 13.9. The number of aliphatic hydroxyl groups excluding tert-OH is 1. The van der Waals surface area contributed by atoms with E-state index >= 15 is 0 Å². The summed E-state index contributed by atoms with van der Waals surface area (Å²) in [6.07, 6.45) is 2.26. The molecule has 110 valence electrons. The first-order valence-electron chi connectivity index (χ1n) is 7.30. The summed E-state index contributed by atoms with van der Waals surface area (Å²) in [6, 6.07) is 9.39. The quantitative estimate of drug-likeness (QED) is 0.939. The van der Waals surface area contributed by atoms with Gasteiger partial charge in [-0.3, -0.25) is 4.79 Å². The molecule has 1 aromatic heterocycles. The van der Waals surface area contributed by atoms with Gasteiger partial charge in [-0.25, -0.2) is 0 Å². The van der Waals surface area contributed by atoms with Crippen LogP contribution in [-0.2, 0) is 17.9 Å². The summed E-state index contributed by atoms with van der Waals surface area (Å²) in [4.78, 5) is 13.9. The zero-order chi connectivity index (χ0) is 14.8. The first-order chi connectivity index (χ1) is 10.2. The van der Waals surface area contributed by atoms with Crippen LogP contribution in [0, 0.1) is 0 Å². The lowest BCUT2D eigenvalue weighted by molar-refractivity contribution is -0.131. The number of hydrogen-bond acceptors (Lipinski definition) is 3. The molecule has 1 unspecified atom stereocenters. The van der Waals surface area contributed by atoms with Crippen LogP contribution in [0.2, 0.25) is 0 Å². The van der Waals surface area contributed by atoms with Crippen LogP contribution in [0.1, 0.15) is 48.3 Å². The normalized spacial score (nSPS) is 15.0. The lowest BCUT2D eigenvalue weighted by Gasteiger charge is -2.14. The molecule has 0 spiro atoms. The third-order valence-corrected chi connectivity index (χ3v) is 3.90. The molecule has 0 saturated heterocycles. The molecule has 0 radical (unpaired) electrons. The summed E-state index contributed by atoms with van der Waals surface area (Å²) in [5.41, 5.74) is 3.07. The Labute approximate surface area is 124 Å². The van der Waals surface area contributed by atoms with Gasteiger partial charge in [-0.15, -0.1) is 0 Å². The summed E-state index contributed by atoms with van der Waals surface area (Å²) in [5, 5.41) is 10.3. The number of benzene rings is 1. The van der Waals surface area contributed by atoms with Crippen LogP contribution in [0.3, 0.4) is 0 Å². The summed E-state index contributed by atoms with van der Waals surface area (Å²) in [5.74, 6) is 0.730. The largest absolute Gasteiger partial charge is 0.466 e. The van der Waals surface area contributed by atoms with Crippen molar-refractivity contribution in [3.63, 3.8) is 0 Å². The Morgan fingerprint density at radius 2 is 2.14 bits per heavy atom. The highest BCUT2D eigenvalue weighted by Crippen LogP contribution is 2.29. The van der Waals surface area contributed by atoms with Crippen molar-refractivity contribution in [3.05, 3.63) is 59.0 Å². The summed E-state index contributed by atoms with van der Waals surface area (Å²) < 4.78 is 5.25. The van der Waals surface area contributed by atoms with Crippen molar-refractivity contribution in [1.82, 2.24) is 4.90 Å². The minimum atomic E-state index is -0.759. The predicted octanol–water partition coefficient (Wildman–Crippen LogP) is 3.00. The fourth-order valence-electron chi connectivity index (χ4n) is 2.74. The van der Waals surface area contributed by atoms with Gasteiger partial charge in [-0.1, -0.05) is 25.1 Å². The molecule has 2 heterocycles. The van der Waals surface area contributed by atoms with Gasteiger partial charge < -0.3 is 14.4 Å². The van der Waals surface area contributed by atoms with E-state index in [1.54, 1.807) is 18.4 Å². The maximum atomic E-state index is 12.0. The van der Waals surface area contributed by atoms with Crippen molar-refractivity contribution < 1.29 is 14.3 Å². The zero-order valence-electron chi connectivity index (χ0n) is 12.1. The van der Waals surface area contributed by atoms with Gasteiger partial charge in [-0.2, -0.15) is 0 Å². The number of fused-ring (bicyclic) bond motifs is 1. The van der Waals surface area contributed by atoms with Crippen molar-refractivity contribution in [2.45, 2.75) is 39.0 Å². The zero-order valence-corrected chi connectivity index (χ0v) is 12.1. The molecule has 0 bridgehead atoms. The maximum absolute atomic E-state index is 12.0. The maximum Gasteiger partial charge on any atom is 0.223 e. The van der Waals surface area contributed by atoms with Crippen molar-refractivity contribution in [3.8, 4) is 0 Å². The van der Waals surface area contributed by atoms with E-state index in [1.807, 2.05) is 30.0 Å². The Hall–Kier alpha value is -2.07. The monoisotopic (exact) mass is 285 g/mol. The van der Waals surface area contributed by atoms with Crippen LogP contribution in [0.25, 0.3) is 0 Å². The van der Waals surface area contributed by atoms with Gasteiger partial charge in [0.2, 0.25) is 5.91 Å². The van der Waals surface area contributed by atoms with Crippen LogP contribution in [0.15, 0.2) is 41.0 Å². The molecule has 1 N–H and O–H groups in total. The molecule has 0 saturated carbocycles. The minimum absolute atomic E-state index is 0.196. The molecule has 0 aliphatic carbocycles. The molecule has 1 aromatic carbocycles. The molecule has 4 nitrogen and oxygen atoms in total. The fourth-order valence-corrected chi connectivity index (χ4v) is 2.74. The summed E-state index contributed by atoms with van der Waals surface area (Å²) in [7, 11) is 0. The lowest BCUT2D eigenvalue weighted by atomic mass is 10.0. The minimum Gasteiger partial charge on any atom is -0.466 e. The van der Waals surface area contributed by atoms with E-state index in [4.69, 9.17) is 4.42 Å². The van der Waals surface area contributed by atoms with E-state index in [1.165, 1.54) is 0 Å². The van der Waals surface area contributed by atoms with E-state index in [-0.39, 0.29) is 5.91 Å². The molecular weight excluding hydrogens is 266 g/mol. The number of nitrogens with zero attached hydrogens (tertiary/aromatic N) is 1. The van der Waals surface area contributed by atoms with Crippen LogP contribution >= 0.6 is 0 Å². The molecule has 0 fully saturated rings. The smallest absolute Gasteiger partial charge is 0.223 e. The standard InChI is InChI=1S/C17H19NO3/c1-2-4-16(19)18-10-13-7-6-12(9-14(13)11-18)17(20)15-5-3-8-21-15/h3,5-9,17,20H,2,4,10-11H2,1H3. The van der Waals surface area contributed by atoms with Gasteiger partial charge in [0.15, 0.2) is 0 Å². The second-order valence-electron chi connectivity index (χ2n) is 5.45. The average molecular weight is 285 g/mol. The molecule has 1 atom stereocenters. The van der Waals surface area contributed by atoms with Crippen molar-refractivity contribution in [1.29, 1.82) is 0 Å². The molecule has 4 heteroatoms. The Morgan fingerprint density at radius 1 is 1.33 bits per heavy atom. The Balaban J connectivity index is 1.79. The van der Waals surface area contributed by atoms with Crippen LogP contribution < -0.4 is 0 Å². The Kier molecular flexibility index (Phi) is 3.80. The van der Waals surface area contributed by atoms with Crippen molar-refractivity contribution in [2.24, 2.45) is 0 Å². The van der Waals surface area contributed by atoms with E-state index in [0.29, 0.717) is 25.3 Å². The number of carbonyl (C=O) groups excluding carboxylic acids is 1. The van der Waals surface area contributed by atoms with E-state index in [9.17, 15) is 9.90 Å². The molecular formula is C17H19NO3. The topological polar surface area (TPSA) is 53.7 Å². The van der Waals surface area contributed by atoms with Crippen molar-refractivity contribution >= 4 is 5.91 Å². The predicted molar refractivity (Wildman–Crippen MR) is 78.4 cm³/mol. The van der Waals surface area contributed by atoms with Crippen LogP contribution in [0.5, 0.6) is 0 Å². The highest BCUT2D eigenvalue weighted by atomic mass is 16.4. The van der Waals surface area contributed by atoms with Crippen LogP contribution in [-0.4, -0.2) is 15.9 Å². The molecule has 3 rings (SSSR count). The van der Waals surface area contributed by atoms with Crippen molar-refractivity contribution in [2.75, 3.05) is 0 Å². The molecule has 21 heavy (non-hydrogen) atoms. The fraction of sp³-hybridized carbons (Fsp3) is 0.353. The van der Waals surface area contributed by atoms with Crippen LogP contribution in [0.4, 0.5) is 0 Å². The van der Waals surface area contributed by atoms with Gasteiger partial charge in [0.05, 0.1) is 6.26 Å². The van der Waals surface area contributed by atoms with E-state index in [2.05, 4.69) is 0 Å². The number of hydrogen-bond donors (Lipinski definition) is 1. The Morgan fingerprint density at radius 3 is 2.86 bits per heavy atom. The number of aliphatic hydroxyl groups is 1. The van der Waals surface area contributed by atoms with Gasteiger partial charge >= 0.3 is 0 Å². The third-order valence-electron chi connectivity index (χ3n) is 3.90. The lowest BCUT2D eigenvalue weighted by Crippen LogP contribution is -2.24. The molecule has 1 aliphatic heterocycles. The molecule has 1 amide bonds. The number of furan rings is 1. The number of carbonyl (C=O) groups is 1. The van der Waals surface area contributed by atoms with E-state index < -0.39 is 6.10 Å². The van der Waals surface area contributed by atoms with Gasteiger partial charge in [0, 0.05) is 19.5 Å². The first-order valence-corrected chi connectivity index (χ1v) is 7.30. The second kappa shape index (κ2) is 5.74. The van der Waals surface area contributed by atoms with Gasteiger partial charge in [0.25, 0.3) is 0 Å².